The monoisotopic (exact) mass is 686 g/mol. The number of ether oxygens (including phenoxy) is 2. The SMILES string of the molecule is CN1CC(Nc2nc3sccn3c(=O)c2Br)CC(c2ccc(OCCN3CCC4(CC3)CN(C(=O)OC(C)(C)C)C4)cc2)C1. The summed E-state index contributed by atoms with van der Waals surface area (Å²) in [7, 11) is 2.14. The van der Waals surface area contributed by atoms with Crippen molar-refractivity contribution in [1.29, 1.82) is 0 Å². The second-order valence-corrected chi connectivity index (χ2v) is 15.4. The zero-order valence-electron chi connectivity index (χ0n) is 26.1. The van der Waals surface area contributed by atoms with Gasteiger partial charge in [0.05, 0.1) is 0 Å². The molecule has 1 aromatic carbocycles. The number of nitrogens with zero attached hydrogens (tertiary/aromatic N) is 5. The number of thiazole rings is 1. The van der Waals surface area contributed by atoms with Crippen molar-refractivity contribution < 1.29 is 14.3 Å². The molecule has 1 N–H and O–H groups in total. The van der Waals surface area contributed by atoms with E-state index in [0.717, 1.165) is 70.8 Å². The fraction of sp³-hybridized carbons (Fsp3) is 0.594. The molecule has 0 saturated carbocycles. The third-order valence-electron chi connectivity index (χ3n) is 9.03. The van der Waals surface area contributed by atoms with Gasteiger partial charge in [-0.15, -0.1) is 11.3 Å². The lowest BCUT2D eigenvalue weighted by atomic mass is 9.72. The number of carbonyl (C=O) groups is 1. The van der Waals surface area contributed by atoms with E-state index in [1.54, 1.807) is 10.6 Å². The highest BCUT2D eigenvalue weighted by Gasteiger charge is 2.47. The van der Waals surface area contributed by atoms with Crippen molar-refractivity contribution in [3.63, 3.8) is 0 Å². The number of likely N-dealkylation sites (tertiary alicyclic amines) is 3. The highest BCUT2D eigenvalue weighted by molar-refractivity contribution is 9.10. The first-order valence-corrected chi connectivity index (χ1v) is 17.2. The number of amides is 1. The number of hydrogen-bond acceptors (Lipinski definition) is 9. The zero-order chi connectivity index (χ0) is 31.1. The van der Waals surface area contributed by atoms with E-state index < -0.39 is 5.60 Å². The van der Waals surface area contributed by atoms with Crippen molar-refractivity contribution in [3.05, 3.63) is 56.2 Å². The summed E-state index contributed by atoms with van der Waals surface area (Å²) in [4.78, 5) is 37.1. The third kappa shape index (κ3) is 7.08. The van der Waals surface area contributed by atoms with Crippen molar-refractivity contribution in [3.8, 4) is 5.75 Å². The summed E-state index contributed by atoms with van der Waals surface area (Å²) in [6.07, 6.45) is 4.74. The lowest BCUT2D eigenvalue weighted by Crippen LogP contribution is -2.62. The number of piperidine rings is 2. The molecule has 10 nitrogen and oxygen atoms in total. The Bertz CT molecular complexity index is 1520. The van der Waals surface area contributed by atoms with Crippen LogP contribution < -0.4 is 15.6 Å². The molecule has 238 valence electrons. The normalized spacial score (nSPS) is 22.6. The van der Waals surface area contributed by atoms with E-state index in [0.29, 0.717) is 27.8 Å². The summed E-state index contributed by atoms with van der Waals surface area (Å²) in [5, 5.41) is 5.42. The van der Waals surface area contributed by atoms with E-state index in [1.165, 1.54) is 16.9 Å². The number of nitrogens with one attached hydrogen (secondary N) is 1. The number of anilines is 1. The predicted molar refractivity (Wildman–Crippen MR) is 177 cm³/mol. The van der Waals surface area contributed by atoms with Crippen LogP contribution in [0.5, 0.6) is 5.75 Å². The van der Waals surface area contributed by atoms with Gasteiger partial charge in [0.25, 0.3) is 5.56 Å². The van der Waals surface area contributed by atoms with Crippen LogP contribution in [0.2, 0.25) is 0 Å². The summed E-state index contributed by atoms with van der Waals surface area (Å²) in [6, 6.07) is 8.71. The Hall–Kier alpha value is -2.67. The first-order chi connectivity index (χ1) is 21.0. The van der Waals surface area contributed by atoms with Gasteiger partial charge in [-0.3, -0.25) is 14.1 Å². The minimum absolute atomic E-state index is 0.0933. The van der Waals surface area contributed by atoms with E-state index in [9.17, 15) is 9.59 Å². The fourth-order valence-electron chi connectivity index (χ4n) is 6.73. The predicted octanol–water partition coefficient (Wildman–Crippen LogP) is 5.13. The van der Waals surface area contributed by atoms with Crippen LogP contribution in [0.25, 0.3) is 4.96 Å². The molecule has 5 heterocycles. The second-order valence-electron chi connectivity index (χ2n) is 13.7. The smallest absolute Gasteiger partial charge is 0.410 e. The van der Waals surface area contributed by atoms with Gasteiger partial charge >= 0.3 is 6.09 Å². The highest BCUT2D eigenvalue weighted by Crippen LogP contribution is 2.41. The largest absolute Gasteiger partial charge is 0.492 e. The molecular weight excluding hydrogens is 644 g/mol. The molecule has 3 aliphatic heterocycles. The molecular formula is C32H43BrN6O4S. The second kappa shape index (κ2) is 12.6. The Morgan fingerprint density at radius 1 is 1.16 bits per heavy atom. The molecule has 2 unspecified atom stereocenters. The lowest BCUT2D eigenvalue weighted by molar-refractivity contribution is -0.0599. The van der Waals surface area contributed by atoms with Crippen molar-refractivity contribution in [2.75, 3.05) is 64.8 Å². The Morgan fingerprint density at radius 2 is 1.89 bits per heavy atom. The molecule has 3 saturated heterocycles. The van der Waals surface area contributed by atoms with Crippen LogP contribution in [0.1, 0.15) is 51.5 Å². The lowest BCUT2D eigenvalue weighted by Gasteiger charge is -2.53. The van der Waals surface area contributed by atoms with Gasteiger partial charge in [0.2, 0.25) is 0 Å². The molecule has 2 atom stereocenters. The van der Waals surface area contributed by atoms with Crippen LogP contribution in [-0.4, -0.2) is 101 Å². The summed E-state index contributed by atoms with van der Waals surface area (Å²) in [5.74, 6) is 1.87. The molecule has 1 amide bonds. The van der Waals surface area contributed by atoms with Gasteiger partial charge in [-0.1, -0.05) is 12.1 Å². The quantitative estimate of drug-likeness (QED) is 0.366. The number of aromatic nitrogens is 2. The number of hydrogen-bond donors (Lipinski definition) is 1. The summed E-state index contributed by atoms with van der Waals surface area (Å²) < 4.78 is 13.7. The van der Waals surface area contributed by atoms with Crippen LogP contribution in [0.4, 0.5) is 10.6 Å². The van der Waals surface area contributed by atoms with Crippen molar-refractivity contribution in [1.82, 2.24) is 24.1 Å². The molecule has 0 bridgehead atoms. The zero-order valence-corrected chi connectivity index (χ0v) is 28.5. The van der Waals surface area contributed by atoms with Gasteiger partial charge in [-0.25, -0.2) is 9.78 Å². The number of carbonyl (C=O) groups excluding carboxylic acids is 1. The van der Waals surface area contributed by atoms with Gasteiger partial charge in [-0.2, -0.15) is 0 Å². The van der Waals surface area contributed by atoms with Crippen LogP contribution in [0.3, 0.4) is 0 Å². The topological polar surface area (TPSA) is 91.7 Å². The molecule has 0 aliphatic carbocycles. The number of rotatable bonds is 7. The number of benzene rings is 1. The summed E-state index contributed by atoms with van der Waals surface area (Å²) in [5.41, 5.74) is 1.01. The maximum absolute atomic E-state index is 12.7. The minimum atomic E-state index is -0.448. The molecule has 0 radical (unpaired) electrons. The van der Waals surface area contributed by atoms with E-state index >= 15 is 0 Å². The van der Waals surface area contributed by atoms with E-state index in [2.05, 4.69) is 67.3 Å². The first-order valence-electron chi connectivity index (χ1n) is 15.5. The highest BCUT2D eigenvalue weighted by atomic mass is 79.9. The van der Waals surface area contributed by atoms with Crippen LogP contribution in [0, 0.1) is 5.41 Å². The molecule has 1 spiro atoms. The van der Waals surface area contributed by atoms with Crippen molar-refractivity contribution in [2.24, 2.45) is 5.41 Å². The van der Waals surface area contributed by atoms with Crippen LogP contribution >= 0.6 is 27.3 Å². The summed E-state index contributed by atoms with van der Waals surface area (Å²) >= 11 is 4.92. The maximum atomic E-state index is 12.7. The Balaban J connectivity index is 0.952. The Kier molecular flexibility index (Phi) is 8.98. The molecule has 2 aromatic heterocycles. The first kappa shape index (κ1) is 31.3. The van der Waals surface area contributed by atoms with Crippen LogP contribution in [-0.2, 0) is 4.74 Å². The Morgan fingerprint density at radius 3 is 2.59 bits per heavy atom. The van der Waals surface area contributed by atoms with E-state index in [1.807, 2.05) is 31.1 Å². The van der Waals surface area contributed by atoms with Gasteiger partial charge < -0.3 is 24.6 Å². The number of fused-ring (bicyclic) bond motifs is 1. The molecule has 44 heavy (non-hydrogen) atoms. The van der Waals surface area contributed by atoms with Crippen LogP contribution in [0.15, 0.2) is 45.1 Å². The average Bonchev–Trinajstić information content (AvgIpc) is 3.43. The van der Waals surface area contributed by atoms with E-state index in [-0.39, 0.29) is 23.1 Å². The van der Waals surface area contributed by atoms with Gasteiger partial charge in [0.15, 0.2) is 4.96 Å². The minimum Gasteiger partial charge on any atom is -0.492 e. The fourth-order valence-corrected chi connectivity index (χ4v) is 7.83. The molecule has 3 aromatic rings. The van der Waals surface area contributed by atoms with Gasteiger partial charge in [0.1, 0.15) is 28.2 Å². The van der Waals surface area contributed by atoms with E-state index in [4.69, 9.17) is 9.47 Å². The molecule has 3 fully saturated rings. The summed E-state index contributed by atoms with van der Waals surface area (Å²) in [6.45, 7) is 12.9. The number of likely N-dealkylation sites (N-methyl/N-ethyl adjacent to an activating group) is 1. The molecule has 3 aliphatic rings. The maximum Gasteiger partial charge on any atom is 0.410 e. The molecule has 12 heteroatoms. The standard InChI is InChI=1S/C32H43BrN6O4S/c1-31(2,3)43-30(41)38-20-32(21-38)9-11-37(12-10-32)13-15-42-25-7-5-22(6-8-25)23-17-24(19-36(4)18-23)34-27-26(33)28(40)39-14-16-44-29(39)35-27/h5-8,14,16,23-24,34H,9-13,15,17-21H2,1-4H3. The molecule has 6 rings (SSSR count). The van der Waals surface area contributed by atoms with Gasteiger partial charge in [-0.05, 0) is 99.7 Å². The third-order valence-corrected chi connectivity index (χ3v) is 10.5. The Labute approximate surface area is 271 Å². The average molecular weight is 688 g/mol. The van der Waals surface area contributed by atoms with Crippen molar-refractivity contribution in [2.45, 2.75) is 57.6 Å². The van der Waals surface area contributed by atoms with Crippen molar-refractivity contribution >= 4 is 44.1 Å². The van der Waals surface area contributed by atoms with Gasteiger partial charge in [0, 0.05) is 55.8 Å². The number of halogens is 1.